The predicted octanol–water partition coefficient (Wildman–Crippen LogP) is 5.70. The molecule has 0 radical (unpaired) electrons. The van der Waals surface area contributed by atoms with Gasteiger partial charge in [0.25, 0.3) is 0 Å². The fourth-order valence-electron chi connectivity index (χ4n) is 3.09. The number of nitrogens with zero attached hydrogens (tertiary/aromatic N) is 1. The number of hydrogen-bond donors (Lipinski definition) is 3. The van der Waals surface area contributed by atoms with Crippen LogP contribution in [0.4, 0.5) is 25.8 Å². The van der Waals surface area contributed by atoms with E-state index in [1.807, 2.05) is 31.2 Å². The number of nitrogens with one attached hydrogen (secondary N) is 2. The van der Waals surface area contributed by atoms with Gasteiger partial charge in [-0.1, -0.05) is 6.58 Å². The Hall–Kier alpha value is -3.46. The molecule has 0 aliphatic rings. The molecule has 0 fully saturated rings. The molecule has 1 unspecified atom stereocenters. The highest BCUT2D eigenvalue weighted by Gasteiger charge is 2.17. The second-order valence-electron chi connectivity index (χ2n) is 8.28. The molecule has 4 N–H and O–H groups in total. The summed E-state index contributed by atoms with van der Waals surface area (Å²) in [6, 6.07) is 10.4. The summed E-state index contributed by atoms with van der Waals surface area (Å²) in [4.78, 5) is 12.9. The third kappa shape index (κ3) is 11.0. The number of halogens is 2. The first-order valence-corrected chi connectivity index (χ1v) is 11.2. The molecule has 0 bridgehead atoms. The summed E-state index contributed by atoms with van der Waals surface area (Å²) in [7, 11) is 1.58. The van der Waals surface area contributed by atoms with Crippen LogP contribution in [0.5, 0.6) is 5.75 Å². The van der Waals surface area contributed by atoms with Crippen LogP contribution in [-0.4, -0.2) is 44.7 Å². The molecule has 0 aliphatic carbocycles. The summed E-state index contributed by atoms with van der Waals surface area (Å²) >= 11 is 0. The molecular formula is C26H36F2N4O3. The number of rotatable bonds is 12. The standard InChI is InChI=1S/C25H33F2N3O2.CH3NO/c1-7-28-23-15-21(32-17(2)16-31-6)14-22(26)24(23)18(3)30-20-10-8-19(9-11-20)29-13-12-25(4,5)27;2-1-3/h7-11,14-15,17,29-30H,3,12-13,16H2,1-2,4-6H3;1H,(H2,2,3). The Morgan fingerprint density at radius 1 is 1.26 bits per heavy atom. The fraction of sp³-hybridized carbons (Fsp3) is 0.385. The first kappa shape index (κ1) is 29.6. The van der Waals surface area contributed by atoms with E-state index in [0.29, 0.717) is 36.7 Å². The van der Waals surface area contributed by atoms with Crippen LogP contribution in [0.2, 0.25) is 0 Å². The van der Waals surface area contributed by atoms with Gasteiger partial charge in [-0.15, -0.1) is 0 Å². The minimum atomic E-state index is -1.21. The first-order chi connectivity index (χ1) is 16.5. The number of benzene rings is 2. The minimum Gasteiger partial charge on any atom is -0.488 e. The van der Waals surface area contributed by atoms with Gasteiger partial charge < -0.3 is 25.8 Å². The van der Waals surface area contributed by atoms with Gasteiger partial charge in [-0.25, -0.2) is 8.78 Å². The largest absolute Gasteiger partial charge is 0.488 e. The maximum Gasteiger partial charge on any atom is 0.204 e. The molecule has 192 valence electrons. The number of hydrogen-bond acceptors (Lipinski definition) is 6. The Morgan fingerprint density at radius 3 is 2.40 bits per heavy atom. The maximum atomic E-state index is 15.0. The van der Waals surface area contributed by atoms with Crippen molar-refractivity contribution in [2.75, 3.05) is 30.9 Å². The van der Waals surface area contributed by atoms with Crippen LogP contribution in [0.25, 0.3) is 5.70 Å². The van der Waals surface area contributed by atoms with Crippen molar-refractivity contribution in [1.82, 2.24) is 0 Å². The number of anilines is 2. The Balaban J connectivity index is 0.00000194. The van der Waals surface area contributed by atoms with Crippen LogP contribution < -0.4 is 21.1 Å². The maximum absolute atomic E-state index is 15.0. The average molecular weight is 491 g/mol. The number of amides is 1. The zero-order chi connectivity index (χ0) is 26.4. The summed E-state index contributed by atoms with van der Waals surface area (Å²) in [6.07, 6.45) is 2.02. The molecule has 2 aromatic carbocycles. The summed E-state index contributed by atoms with van der Waals surface area (Å²) in [5, 5.41) is 6.32. The lowest BCUT2D eigenvalue weighted by Crippen LogP contribution is -2.18. The highest BCUT2D eigenvalue weighted by Crippen LogP contribution is 2.34. The molecule has 0 aromatic heterocycles. The molecular weight excluding hydrogens is 454 g/mol. The van der Waals surface area contributed by atoms with Gasteiger partial charge in [-0.05, 0) is 58.4 Å². The molecule has 2 aromatic rings. The molecule has 0 saturated carbocycles. The molecule has 35 heavy (non-hydrogen) atoms. The number of methoxy groups -OCH3 is 1. The Labute approximate surface area is 206 Å². The van der Waals surface area contributed by atoms with Crippen molar-refractivity contribution in [3.05, 3.63) is 54.4 Å². The summed E-state index contributed by atoms with van der Waals surface area (Å²) in [5.41, 5.74) is 5.63. The van der Waals surface area contributed by atoms with Crippen molar-refractivity contribution < 1.29 is 23.0 Å². The lowest BCUT2D eigenvalue weighted by molar-refractivity contribution is -0.106. The molecule has 0 aliphatic heterocycles. The van der Waals surface area contributed by atoms with E-state index in [0.717, 1.165) is 11.4 Å². The van der Waals surface area contributed by atoms with Crippen molar-refractivity contribution in [2.45, 2.75) is 45.9 Å². The molecule has 1 atom stereocenters. The van der Waals surface area contributed by atoms with Crippen LogP contribution in [-0.2, 0) is 9.53 Å². The van der Waals surface area contributed by atoms with Crippen molar-refractivity contribution in [1.29, 1.82) is 0 Å². The van der Waals surface area contributed by atoms with Gasteiger partial charge in [0.15, 0.2) is 0 Å². The second-order valence-corrected chi connectivity index (χ2v) is 8.28. The number of alkyl halides is 1. The average Bonchev–Trinajstić information content (AvgIpc) is 2.75. The third-order valence-electron chi connectivity index (χ3n) is 4.58. The molecule has 0 spiro atoms. The lowest BCUT2D eigenvalue weighted by atomic mass is 10.1. The van der Waals surface area contributed by atoms with Gasteiger partial charge >= 0.3 is 0 Å². The normalized spacial score (nSPS) is 11.9. The minimum absolute atomic E-state index is 0.229. The molecule has 9 heteroatoms. The van der Waals surface area contributed by atoms with E-state index in [-0.39, 0.29) is 18.1 Å². The molecule has 2 rings (SSSR count). The number of primary amides is 1. The number of ether oxygens (including phenoxy) is 2. The van der Waals surface area contributed by atoms with E-state index in [1.54, 1.807) is 40.2 Å². The summed E-state index contributed by atoms with van der Waals surface area (Å²) < 4.78 is 39.4. The zero-order valence-electron chi connectivity index (χ0n) is 21.0. The first-order valence-electron chi connectivity index (χ1n) is 11.2. The van der Waals surface area contributed by atoms with E-state index in [1.165, 1.54) is 6.07 Å². The lowest BCUT2D eigenvalue weighted by Gasteiger charge is -2.18. The second kappa shape index (κ2) is 14.7. The van der Waals surface area contributed by atoms with Gasteiger partial charge in [0.2, 0.25) is 6.41 Å². The Morgan fingerprint density at radius 2 is 1.86 bits per heavy atom. The Kier molecular flexibility index (Phi) is 12.4. The van der Waals surface area contributed by atoms with Gasteiger partial charge in [0.1, 0.15) is 23.3 Å². The van der Waals surface area contributed by atoms with Crippen LogP contribution in [0.3, 0.4) is 0 Å². The number of carbonyl (C=O) groups excluding carboxylic acids is 1. The van der Waals surface area contributed by atoms with Crippen molar-refractivity contribution in [2.24, 2.45) is 10.7 Å². The number of carbonyl (C=O) groups is 1. The SMILES string of the molecule is C=C(Nc1ccc(NCCC(C)(C)F)cc1)c1c(F)cc(OC(C)COC)cc1N=CC.NC=O. The predicted molar refractivity (Wildman–Crippen MR) is 140 cm³/mol. The monoisotopic (exact) mass is 490 g/mol. The van der Waals surface area contributed by atoms with Gasteiger partial charge in [0, 0.05) is 49.1 Å². The van der Waals surface area contributed by atoms with Crippen molar-refractivity contribution >= 4 is 35.4 Å². The highest BCUT2D eigenvalue weighted by molar-refractivity contribution is 5.83. The van der Waals surface area contributed by atoms with E-state index < -0.39 is 11.5 Å². The van der Waals surface area contributed by atoms with E-state index in [4.69, 9.17) is 14.3 Å². The molecule has 0 heterocycles. The topological polar surface area (TPSA) is 98.0 Å². The van der Waals surface area contributed by atoms with Gasteiger partial charge in [-0.3, -0.25) is 9.79 Å². The van der Waals surface area contributed by atoms with Crippen LogP contribution in [0.15, 0.2) is 48.0 Å². The number of aliphatic imine (C=N–C) groups is 1. The highest BCUT2D eigenvalue weighted by atomic mass is 19.1. The number of nitrogens with two attached hydrogens (primary N) is 1. The van der Waals surface area contributed by atoms with Crippen LogP contribution >= 0.6 is 0 Å². The van der Waals surface area contributed by atoms with Crippen molar-refractivity contribution in [3.63, 3.8) is 0 Å². The van der Waals surface area contributed by atoms with Crippen LogP contribution in [0.1, 0.15) is 39.7 Å². The zero-order valence-corrected chi connectivity index (χ0v) is 21.0. The summed E-state index contributed by atoms with van der Waals surface area (Å²) in [6.45, 7) is 11.6. The molecule has 1 amide bonds. The quantitative estimate of drug-likeness (QED) is 0.262. The summed E-state index contributed by atoms with van der Waals surface area (Å²) in [5.74, 6) is -0.117. The van der Waals surface area contributed by atoms with E-state index in [9.17, 15) is 8.78 Å². The molecule has 0 saturated heterocycles. The van der Waals surface area contributed by atoms with Crippen LogP contribution in [0, 0.1) is 5.82 Å². The fourth-order valence-corrected chi connectivity index (χ4v) is 3.09. The smallest absolute Gasteiger partial charge is 0.204 e. The Bertz CT molecular complexity index is 974. The van der Waals surface area contributed by atoms with E-state index in [2.05, 4.69) is 27.9 Å². The van der Waals surface area contributed by atoms with Crippen molar-refractivity contribution in [3.8, 4) is 5.75 Å². The molecule has 7 nitrogen and oxygen atoms in total. The van der Waals surface area contributed by atoms with Gasteiger partial charge in [-0.2, -0.15) is 0 Å². The van der Waals surface area contributed by atoms with E-state index >= 15 is 0 Å². The van der Waals surface area contributed by atoms with Gasteiger partial charge in [0.05, 0.1) is 17.9 Å². The third-order valence-corrected chi connectivity index (χ3v) is 4.58.